The fourth-order valence-corrected chi connectivity index (χ4v) is 7.33. The molecule has 12 heteroatoms. The van der Waals surface area contributed by atoms with Crippen LogP contribution >= 0.6 is 23.2 Å². The number of aryl methyl sites for hydroxylation is 1. The van der Waals surface area contributed by atoms with Gasteiger partial charge in [0.05, 0.1) is 22.0 Å². The van der Waals surface area contributed by atoms with Crippen LogP contribution in [0.25, 0.3) is 0 Å². The van der Waals surface area contributed by atoms with Crippen LogP contribution in [0.5, 0.6) is 0 Å². The van der Waals surface area contributed by atoms with E-state index in [0.717, 1.165) is 5.56 Å². The maximum absolute atomic E-state index is 13.7. The molecule has 2 N–H and O–H groups in total. The number of carbonyl (C=O) groups excluding carboxylic acids is 1. The zero-order valence-corrected chi connectivity index (χ0v) is 27.0. The van der Waals surface area contributed by atoms with Crippen LogP contribution in [-0.4, -0.2) is 22.7 Å². The fraction of sp³-hybridized carbons (Fsp3) is 0.0606. The van der Waals surface area contributed by atoms with Crippen molar-refractivity contribution in [2.45, 2.75) is 23.3 Å². The number of carbonyl (C=O) groups is 1. The van der Waals surface area contributed by atoms with Gasteiger partial charge < -0.3 is 5.32 Å². The van der Waals surface area contributed by atoms with Crippen LogP contribution in [0.3, 0.4) is 0 Å². The highest BCUT2D eigenvalue weighted by atomic mass is 35.5. The van der Waals surface area contributed by atoms with Gasteiger partial charge in [-0.15, -0.1) is 0 Å². The average molecular weight is 681 g/mol. The molecule has 230 valence electrons. The summed E-state index contributed by atoms with van der Waals surface area (Å²) in [5.41, 5.74) is 2.91. The van der Waals surface area contributed by atoms with E-state index in [2.05, 4.69) is 10.0 Å². The number of sulfonamides is 2. The summed E-state index contributed by atoms with van der Waals surface area (Å²) < 4.78 is 56.7. The molecule has 45 heavy (non-hydrogen) atoms. The first-order valence-corrected chi connectivity index (χ1v) is 17.2. The third-order valence-corrected chi connectivity index (χ3v) is 10.5. The summed E-state index contributed by atoms with van der Waals surface area (Å²) >= 11 is 12.1. The van der Waals surface area contributed by atoms with Crippen molar-refractivity contribution in [3.05, 3.63) is 148 Å². The van der Waals surface area contributed by atoms with Crippen molar-refractivity contribution in [3.8, 4) is 0 Å². The zero-order chi connectivity index (χ0) is 32.2. The minimum absolute atomic E-state index is 0.000299. The van der Waals surface area contributed by atoms with Crippen LogP contribution in [0.15, 0.2) is 131 Å². The van der Waals surface area contributed by atoms with Crippen molar-refractivity contribution in [1.29, 1.82) is 0 Å². The summed E-state index contributed by atoms with van der Waals surface area (Å²) in [5, 5.41) is 3.64. The van der Waals surface area contributed by atoms with Gasteiger partial charge >= 0.3 is 0 Å². The van der Waals surface area contributed by atoms with E-state index in [1.54, 1.807) is 84.9 Å². The minimum Gasteiger partial charge on any atom is -0.322 e. The van der Waals surface area contributed by atoms with Crippen LogP contribution in [0.4, 0.5) is 17.1 Å². The van der Waals surface area contributed by atoms with Gasteiger partial charge in [0, 0.05) is 27.0 Å². The Morgan fingerprint density at radius 2 is 1.29 bits per heavy atom. The second-order valence-corrected chi connectivity index (χ2v) is 14.5. The molecule has 8 nitrogen and oxygen atoms in total. The van der Waals surface area contributed by atoms with Crippen LogP contribution in [0, 0.1) is 6.92 Å². The Labute approximate surface area is 272 Å². The third kappa shape index (κ3) is 7.66. The molecular weight excluding hydrogens is 653 g/mol. The first-order valence-electron chi connectivity index (χ1n) is 13.5. The Hall–Kier alpha value is -4.35. The van der Waals surface area contributed by atoms with E-state index in [9.17, 15) is 21.6 Å². The highest BCUT2D eigenvalue weighted by molar-refractivity contribution is 7.93. The lowest BCUT2D eigenvalue weighted by atomic mass is 10.1. The van der Waals surface area contributed by atoms with Gasteiger partial charge in [-0.25, -0.2) is 16.8 Å². The SMILES string of the molecule is Cc1ccc(Cl)cc1N(Cc1ccc(C(=O)Nc2ccc(S(=O)(=O)Nc3ccc(Cl)cc3)cc2)cc1)S(=O)(=O)c1ccccc1. The number of amides is 1. The van der Waals surface area contributed by atoms with Gasteiger partial charge in [-0.1, -0.05) is 59.6 Å². The van der Waals surface area contributed by atoms with Crippen LogP contribution in [-0.2, 0) is 26.6 Å². The number of hydrogen-bond donors (Lipinski definition) is 2. The Balaban J connectivity index is 1.31. The maximum atomic E-state index is 13.7. The zero-order valence-electron chi connectivity index (χ0n) is 23.8. The predicted octanol–water partition coefficient (Wildman–Crippen LogP) is 7.75. The highest BCUT2D eigenvalue weighted by Crippen LogP contribution is 2.31. The molecule has 0 radical (unpaired) electrons. The molecule has 0 unspecified atom stereocenters. The van der Waals surface area contributed by atoms with Gasteiger partial charge in [0.15, 0.2) is 0 Å². The number of hydrogen-bond acceptors (Lipinski definition) is 5. The second kappa shape index (κ2) is 13.3. The summed E-state index contributed by atoms with van der Waals surface area (Å²) in [4.78, 5) is 13.1. The molecule has 0 fully saturated rings. The van der Waals surface area contributed by atoms with E-state index in [-0.39, 0.29) is 16.3 Å². The van der Waals surface area contributed by atoms with E-state index < -0.39 is 26.0 Å². The van der Waals surface area contributed by atoms with Gasteiger partial charge in [0.25, 0.3) is 26.0 Å². The molecule has 0 aliphatic rings. The van der Waals surface area contributed by atoms with Crippen molar-refractivity contribution in [3.63, 3.8) is 0 Å². The quantitative estimate of drug-likeness (QED) is 0.157. The van der Waals surface area contributed by atoms with Crippen molar-refractivity contribution in [2.75, 3.05) is 14.3 Å². The van der Waals surface area contributed by atoms with Gasteiger partial charge in [-0.05, 0) is 103 Å². The largest absolute Gasteiger partial charge is 0.322 e. The van der Waals surface area contributed by atoms with Crippen LogP contribution in [0.2, 0.25) is 10.0 Å². The third-order valence-electron chi connectivity index (χ3n) is 6.83. The molecular formula is C33H27Cl2N3O5S2. The smallest absolute Gasteiger partial charge is 0.264 e. The van der Waals surface area contributed by atoms with E-state index >= 15 is 0 Å². The molecule has 0 atom stereocenters. The van der Waals surface area contributed by atoms with E-state index in [4.69, 9.17) is 23.2 Å². The number of nitrogens with one attached hydrogen (secondary N) is 2. The molecule has 0 spiro atoms. The summed E-state index contributed by atoms with van der Waals surface area (Å²) in [6.07, 6.45) is 0. The summed E-state index contributed by atoms with van der Waals surface area (Å²) in [5.74, 6) is -0.420. The number of rotatable bonds is 10. The monoisotopic (exact) mass is 679 g/mol. The number of anilines is 3. The number of nitrogens with zero attached hydrogens (tertiary/aromatic N) is 1. The topological polar surface area (TPSA) is 113 Å². The predicted molar refractivity (Wildman–Crippen MR) is 179 cm³/mol. The van der Waals surface area contributed by atoms with Crippen molar-refractivity contribution >= 4 is 66.2 Å². The molecule has 5 aromatic carbocycles. The first kappa shape index (κ1) is 32.1. The Kier molecular flexibility index (Phi) is 9.50. The molecule has 0 saturated carbocycles. The standard InChI is InChI=1S/C33H27Cl2N3O5S2/c1-23-7-12-27(35)21-32(23)38(45(42,43)31-5-3-2-4-6-31)22-24-8-10-25(11-9-24)33(39)36-28-17-19-30(20-18-28)44(40,41)37-29-15-13-26(34)14-16-29/h2-21,37H,22H2,1H3,(H,36,39). The lowest BCUT2D eigenvalue weighted by Gasteiger charge is -2.26. The number of halogens is 2. The van der Waals surface area contributed by atoms with Gasteiger partial charge in [0.2, 0.25) is 0 Å². The molecule has 5 aromatic rings. The summed E-state index contributed by atoms with van der Waals surface area (Å²) in [6.45, 7) is 1.81. The average Bonchev–Trinajstić information content (AvgIpc) is 3.03. The normalized spacial score (nSPS) is 11.5. The van der Waals surface area contributed by atoms with E-state index in [1.165, 1.54) is 40.7 Å². The Morgan fingerprint density at radius 1 is 0.689 bits per heavy atom. The van der Waals surface area contributed by atoms with Crippen molar-refractivity contribution < 1.29 is 21.6 Å². The molecule has 0 saturated heterocycles. The number of benzene rings is 5. The highest BCUT2D eigenvalue weighted by Gasteiger charge is 2.26. The second-order valence-electron chi connectivity index (χ2n) is 10.0. The maximum Gasteiger partial charge on any atom is 0.264 e. The molecule has 0 aromatic heterocycles. The van der Waals surface area contributed by atoms with Crippen molar-refractivity contribution in [1.82, 2.24) is 0 Å². The Bertz CT molecular complexity index is 2040. The molecule has 0 aliphatic carbocycles. The van der Waals surface area contributed by atoms with E-state index in [1.807, 2.05) is 6.92 Å². The lowest BCUT2D eigenvalue weighted by Crippen LogP contribution is -2.31. The van der Waals surface area contributed by atoms with E-state index in [0.29, 0.717) is 38.2 Å². The fourth-order valence-electron chi connectivity index (χ4n) is 4.45. The van der Waals surface area contributed by atoms with Gasteiger partial charge in [0.1, 0.15) is 0 Å². The first-order chi connectivity index (χ1) is 21.4. The van der Waals surface area contributed by atoms with Gasteiger partial charge in [-0.3, -0.25) is 13.8 Å². The van der Waals surface area contributed by atoms with Crippen molar-refractivity contribution in [2.24, 2.45) is 0 Å². The molecule has 5 rings (SSSR count). The molecule has 1 amide bonds. The van der Waals surface area contributed by atoms with Crippen LogP contribution in [0.1, 0.15) is 21.5 Å². The minimum atomic E-state index is -3.95. The molecule has 0 aliphatic heterocycles. The Morgan fingerprint density at radius 3 is 1.93 bits per heavy atom. The summed E-state index contributed by atoms with van der Waals surface area (Å²) in [6, 6.07) is 31.8. The molecule has 0 heterocycles. The molecule has 0 bridgehead atoms. The lowest BCUT2D eigenvalue weighted by molar-refractivity contribution is 0.102. The van der Waals surface area contributed by atoms with Gasteiger partial charge in [-0.2, -0.15) is 0 Å². The summed E-state index contributed by atoms with van der Waals surface area (Å²) in [7, 11) is -7.80. The van der Waals surface area contributed by atoms with Crippen LogP contribution < -0.4 is 14.3 Å².